The molecule has 1 saturated carbocycles. The van der Waals surface area contributed by atoms with E-state index in [2.05, 4.69) is 5.32 Å². The van der Waals surface area contributed by atoms with Crippen LogP contribution in [-0.2, 0) is 26.3 Å². The van der Waals surface area contributed by atoms with Gasteiger partial charge < -0.3 is 14.8 Å². The maximum absolute atomic E-state index is 12.6. The first-order chi connectivity index (χ1) is 13.0. The molecule has 1 fully saturated rings. The summed E-state index contributed by atoms with van der Waals surface area (Å²) in [4.78, 5) is 24.7. The van der Waals surface area contributed by atoms with E-state index in [1.165, 1.54) is 0 Å². The van der Waals surface area contributed by atoms with Crippen molar-refractivity contribution in [3.8, 4) is 5.75 Å². The van der Waals surface area contributed by atoms with Crippen molar-refractivity contribution in [3.05, 3.63) is 64.7 Å². The van der Waals surface area contributed by atoms with Crippen LogP contribution in [0.2, 0.25) is 5.02 Å². The lowest BCUT2D eigenvalue weighted by Crippen LogP contribution is -2.44. The Morgan fingerprint density at radius 1 is 1.07 bits per heavy atom. The lowest BCUT2D eigenvalue weighted by atomic mass is 9.64. The molecule has 1 N–H and O–H groups in total. The van der Waals surface area contributed by atoms with Crippen LogP contribution in [-0.4, -0.2) is 25.6 Å². The van der Waals surface area contributed by atoms with Gasteiger partial charge in [0.2, 0.25) is 0 Å². The number of nitrogens with one attached hydrogen (secondary N) is 1. The van der Waals surface area contributed by atoms with E-state index >= 15 is 0 Å². The van der Waals surface area contributed by atoms with Crippen molar-refractivity contribution in [1.82, 2.24) is 5.32 Å². The molecule has 0 unspecified atom stereocenters. The van der Waals surface area contributed by atoms with Crippen molar-refractivity contribution in [2.24, 2.45) is 0 Å². The number of hydrogen-bond acceptors (Lipinski definition) is 4. The Labute approximate surface area is 163 Å². The molecule has 0 radical (unpaired) electrons. The van der Waals surface area contributed by atoms with Gasteiger partial charge in [-0.1, -0.05) is 42.3 Å². The third-order valence-electron chi connectivity index (χ3n) is 4.98. The van der Waals surface area contributed by atoms with Crippen molar-refractivity contribution in [1.29, 1.82) is 0 Å². The number of ether oxygens (including phenoxy) is 2. The number of rotatable bonds is 7. The van der Waals surface area contributed by atoms with E-state index in [4.69, 9.17) is 21.1 Å². The zero-order valence-electron chi connectivity index (χ0n) is 15.2. The molecule has 0 saturated heterocycles. The Morgan fingerprint density at radius 2 is 1.74 bits per heavy atom. The largest absolute Gasteiger partial charge is 0.497 e. The normalized spacial score (nSPS) is 14.7. The van der Waals surface area contributed by atoms with Crippen LogP contribution in [0.1, 0.15) is 30.4 Å². The number of carbonyl (C=O) groups is 2. The van der Waals surface area contributed by atoms with Gasteiger partial charge in [0.25, 0.3) is 5.91 Å². The van der Waals surface area contributed by atoms with Crippen molar-refractivity contribution in [2.45, 2.75) is 31.2 Å². The summed E-state index contributed by atoms with van der Waals surface area (Å²) in [7, 11) is 1.60. The van der Waals surface area contributed by atoms with Crippen LogP contribution in [0.3, 0.4) is 0 Å². The Kier molecular flexibility index (Phi) is 6.01. The molecule has 27 heavy (non-hydrogen) atoms. The summed E-state index contributed by atoms with van der Waals surface area (Å²) in [6, 6.07) is 14.6. The molecule has 2 aromatic rings. The highest BCUT2D eigenvalue weighted by Crippen LogP contribution is 2.45. The van der Waals surface area contributed by atoms with Crippen LogP contribution in [0.5, 0.6) is 5.75 Å². The van der Waals surface area contributed by atoms with Crippen LogP contribution in [0.25, 0.3) is 0 Å². The van der Waals surface area contributed by atoms with Crippen LogP contribution in [0, 0.1) is 0 Å². The standard InChI is InChI=1S/C21H22ClNO4/c1-26-18-9-3-15(4-10-18)13-23-19(24)14-27-20(25)21(11-2-12-21)16-5-7-17(22)8-6-16/h3-10H,2,11-14H2,1H3,(H,23,24). The fourth-order valence-electron chi connectivity index (χ4n) is 3.17. The summed E-state index contributed by atoms with van der Waals surface area (Å²) < 4.78 is 10.4. The van der Waals surface area contributed by atoms with Gasteiger partial charge in [0.05, 0.1) is 12.5 Å². The summed E-state index contributed by atoms with van der Waals surface area (Å²) >= 11 is 5.93. The minimum absolute atomic E-state index is 0.287. The van der Waals surface area contributed by atoms with Crippen molar-refractivity contribution >= 4 is 23.5 Å². The molecule has 0 bridgehead atoms. The van der Waals surface area contributed by atoms with E-state index in [0.29, 0.717) is 11.6 Å². The Balaban J connectivity index is 1.51. The molecule has 2 aromatic carbocycles. The molecule has 0 heterocycles. The predicted octanol–water partition coefficient (Wildman–Crippen LogP) is 3.63. The molecule has 1 amide bonds. The van der Waals surface area contributed by atoms with Gasteiger partial charge >= 0.3 is 5.97 Å². The number of hydrogen-bond donors (Lipinski definition) is 1. The number of methoxy groups -OCH3 is 1. The minimum atomic E-state index is -0.652. The fourth-order valence-corrected chi connectivity index (χ4v) is 3.30. The second-order valence-electron chi connectivity index (χ2n) is 6.64. The second-order valence-corrected chi connectivity index (χ2v) is 7.08. The molecule has 1 aliphatic carbocycles. The van der Waals surface area contributed by atoms with Gasteiger partial charge in [0, 0.05) is 11.6 Å². The van der Waals surface area contributed by atoms with Gasteiger partial charge in [-0.15, -0.1) is 0 Å². The van der Waals surface area contributed by atoms with Gasteiger partial charge in [-0.25, -0.2) is 0 Å². The molecule has 3 rings (SSSR count). The SMILES string of the molecule is COc1ccc(CNC(=O)COC(=O)C2(c3ccc(Cl)cc3)CCC2)cc1. The number of amides is 1. The molecular formula is C21H22ClNO4. The van der Waals surface area contributed by atoms with E-state index in [0.717, 1.165) is 36.1 Å². The third kappa shape index (κ3) is 4.42. The average Bonchev–Trinajstić information content (AvgIpc) is 2.65. The molecule has 142 valence electrons. The van der Waals surface area contributed by atoms with Crippen molar-refractivity contribution in [2.75, 3.05) is 13.7 Å². The van der Waals surface area contributed by atoms with E-state index in [9.17, 15) is 9.59 Å². The topological polar surface area (TPSA) is 64.6 Å². The van der Waals surface area contributed by atoms with Gasteiger partial charge in [-0.05, 0) is 48.2 Å². The smallest absolute Gasteiger partial charge is 0.317 e. The Morgan fingerprint density at radius 3 is 2.30 bits per heavy atom. The molecular weight excluding hydrogens is 366 g/mol. The summed E-state index contributed by atoms with van der Waals surface area (Å²) in [5.41, 5.74) is 1.18. The second kappa shape index (κ2) is 8.44. The first kappa shape index (κ1) is 19.2. The minimum Gasteiger partial charge on any atom is -0.497 e. The number of halogens is 1. The predicted molar refractivity (Wildman–Crippen MR) is 103 cm³/mol. The van der Waals surface area contributed by atoms with E-state index in [-0.39, 0.29) is 18.5 Å². The molecule has 0 atom stereocenters. The monoisotopic (exact) mass is 387 g/mol. The first-order valence-electron chi connectivity index (χ1n) is 8.86. The van der Waals surface area contributed by atoms with E-state index in [1.54, 1.807) is 19.2 Å². The van der Waals surface area contributed by atoms with E-state index in [1.807, 2.05) is 36.4 Å². The summed E-state index contributed by atoms with van der Waals surface area (Å²) in [5, 5.41) is 3.38. The summed E-state index contributed by atoms with van der Waals surface area (Å²) in [5.74, 6) is 0.0763. The third-order valence-corrected chi connectivity index (χ3v) is 5.23. The van der Waals surface area contributed by atoms with Crippen LogP contribution in [0.15, 0.2) is 48.5 Å². The van der Waals surface area contributed by atoms with E-state index < -0.39 is 5.41 Å². The average molecular weight is 388 g/mol. The quantitative estimate of drug-likeness (QED) is 0.737. The van der Waals surface area contributed by atoms with Crippen molar-refractivity contribution < 1.29 is 19.1 Å². The molecule has 0 aliphatic heterocycles. The van der Waals surface area contributed by atoms with Crippen molar-refractivity contribution in [3.63, 3.8) is 0 Å². The lowest BCUT2D eigenvalue weighted by molar-refractivity contribution is -0.157. The highest BCUT2D eigenvalue weighted by molar-refractivity contribution is 6.30. The van der Waals surface area contributed by atoms with Gasteiger partial charge in [0.15, 0.2) is 6.61 Å². The van der Waals surface area contributed by atoms with Crippen LogP contribution < -0.4 is 10.1 Å². The summed E-state index contributed by atoms with van der Waals surface area (Å²) in [6.07, 6.45) is 2.41. The lowest BCUT2D eigenvalue weighted by Gasteiger charge is -2.39. The van der Waals surface area contributed by atoms with Gasteiger partial charge in [0.1, 0.15) is 5.75 Å². The molecule has 1 aliphatic rings. The highest BCUT2D eigenvalue weighted by Gasteiger charge is 2.47. The van der Waals surface area contributed by atoms with Gasteiger partial charge in [-0.3, -0.25) is 9.59 Å². The fraction of sp³-hybridized carbons (Fsp3) is 0.333. The molecule has 5 nitrogen and oxygen atoms in total. The number of benzene rings is 2. The highest BCUT2D eigenvalue weighted by atomic mass is 35.5. The maximum atomic E-state index is 12.6. The number of carbonyl (C=O) groups excluding carboxylic acids is 2. The van der Waals surface area contributed by atoms with Crippen LogP contribution in [0.4, 0.5) is 0 Å². The zero-order chi connectivity index (χ0) is 19.3. The Hall–Kier alpha value is -2.53. The summed E-state index contributed by atoms with van der Waals surface area (Å²) in [6.45, 7) is 0.0764. The first-order valence-corrected chi connectivity index (χ1v) is 9.24. The Bertz CT molecular complexity index is 798. The van der Waals surface area contributed by atoms with Crippen LogP contribution >= 0.6 is 11.6 Å². The molecule has 6 heteroatoms. The zero-order valence-corrected chi connectivity index (χ0v) is 15.9. The number of esters is 1. The molecule has 0 spiro atoms. The van der Waals surface area contributed by atoms with Gasteiger partial charge in [-0.2, -0.15) is 0 Å². The maximum Gasteiger partial charge on any atom is 0.317 e. The molecule has 0 aromatic heterocycles.